The summed E-state index contributed by atoms with van der Waals surface area (Å²) in [6.45, 7) is 8.14. The topological polar surface area (TPSA) is 27.7 Å². The highest BCUT2D eigenvalue weighted by atomic mass is 16.7. The van der Waals surface area contributed by atoms with Crippen molar-refractivity contribution in [2.45, 2.75) is 51.9 Å². The van der Waals surface area contributed by atoms with Gasteiger partial charge in [0.1, 0.15) is 0 Å². The zero-order valence-corrected chi connectivity index (χ0v) is 13.7. The van der Waals surface area contributed by atoms with Gasteiger partial charge in [0.25, 0.3) is 0 Å². The molecule has 0 spiro atoms. The van der Waals surface area contributed by atoms with Gasteiger partial charge in [0.05, 0.1) is 24.8 Å². The van der Waals surface area contributed by atoms with Crippen LogP contribution in [0.3, 0.4) is 0 Å². The highest BCUT2D eigenvalue weighted by Gasteiger charge is 2.67. The van der Waals surface area contributed by atoms with Crippen LogP contribution in [0.1, 0.15) is 39.2 Å². The van der Waals surface area contributed by atoms with Crippen LogP contribution in [0.2, 0.25) is 0 Å². The summed E-state index contributed by atoms with van der Waals surface area (Å²) in [5.74, 6) is 1.41. The van der Waals surface area contributed by atoms with Crippen LogP contribution in [0.25, 0.3) is 0 Å². The zero-order chi connectivity index (χ0) is 15.4. The lowest BCUT2D eigenvalue weighted by Crippen LogP contribution is -2.65. The minimum atomic E-state index is -0.214. The average Bonchev–Trinajstić information content (AvgIpc) is 2.84. The van der Waals surface area contributed by atoms with Gasteiger partial charge in [-0.3, -0.25) is 0 Å². The highest BCUT2D eigenvalue weighted by Crippen LogP contribution is 2.65. The molecule has 1 aromatic rings. The van der Waals surface area contributed by atoms with Crippen LogP contribution in [0.15, 0.2) is 30.3 Å². The second-order valence-electron chi connectivity index (χ2n) is 7.90. The van der Waals surface area contributed by atoms with Gasteiger partial charge in [-0.25, -0.2) is 0 Å². The molecule has 1 heterocycles. The first-order valence-corrected chi connectivity index (χ1v) is 8.45. The molecule has 0 unspecified atom stereocenters. The van der Waals surface area contributed by atoms with Gasteiger partial charge < -0.3 is 14.0 Å². The lowest BCUT2D eigenvalue weighted by Gasteiger charge is -2.64. The molecule has 4 heteroatoms. The molecule has 118 valence electrons. The maximum absolute atomic E-state index is 6.33. The van der Waals surface area contributed by atoms with Crippen molar-refractivity contribution in [1.29, 1.82) is 0 Å². The molecule has 2 bridgehead atoms. The largest absolute Gasteiger partial charge is 0.485 e. The number of hydrogen-bond acceptors (Lipinski definition) is 3. The SMILES string of the molecule is CC1(C)[C@@H]2C[C@H]3OB(COCc4ccccc4)O[C@@]3(C)[C@H]1C2. The fraction of sp³-hybridized carbons (Fsp3) is 0.667. The third-order valence-corrected chi connectivity index (χ3v) is 6.37. The molecule has 22 heavy (non-hydrogen) atoms. The van der Waals surface area contributed by atoms with Gasteiger partial charge in [0.2, 0.25) is 0 Å². The quantitative estimate of drug-likeness (QED) is 0.797. The third-order valence-electron chi connectivity index (χ3n) is 6.37. The summed E-state index contributed by atoms with van der Waals surface area (Å²) in [5.41, 5.74) is 1.46. The molecule has 0 amide bonds. The van der Waals surface area contributed by atoms with Crippen molar-refractivity contribution in [3.05, 3.63) is 35.9 Å². The standard InChI is InChI=1S/C18H25BO3/c1-17(2)14-9-15(17)18(3)16(10-14)21-19(22-18)12-20-11-13-7-5-4-6-8-13/h4-8,14-16H,9-12H2,1-3H3/t14-,15-,16+,18-/m0/s1. The molecule has 0 aromatic heterocycles. The van der Waals surface area contributed by atoms with Gasteiger partial charge in [-0.05, 0) is 42.6 Å². The van der Waals surface area contributed by atoms with Crippen molar-refractivity contribution < 1.29 is 14.0 Å². The van der Waals surface area contributed by atoms with Gasteiger partial charge in [0.15, 0.2) is 0 Å². The number of rotatable bonds is 4. The third kappa shape index (κ3) is 2.16. The molecule has 3 saturated carbocycles. The lowest BCUT2D eigenvalue weighted by atomic mass is 9.43. The van der Waals surface area contributed by atoms with E-state index in [-0.39, 0.29) is 18.8 Å². The van der Waals surface area contributed by atoms with Crippen LogP contribution in [0, 0.1) is 17.3 Å². The Morgan fingerprint density at radius 1 is 1.18 bits per heavy atom. The molecule has 0 N–H and O–H groups in total. The summed E-state index contributed by atoms with van der Waals surface area (Å²) in [7, 11) is -0.214. The Labute approximate surface area is 133 Å². The first kappa shape index (κ1) is 14.7. The van der Waals surface area contributed by atoms with Gasteiger partial charge in [0, 0.05) is 0 Å². The zero-order valence-electron chi connectivity index (χ0n) is 13.7. The van der Waals surface area contributed by atoms with E-state index < -0.39 is 0 Å². The van der Waals surface area contributed by atoms with E-state index >= 15 is 0 Å². The Bertz CT molecular complexity index is 547. The van der Waals surface area contributed by atoms with E-state index in [4.69, 9.17) is 14.0 Å². The first-order chi connectivity index (χ1) is 10.5. The minimum absolute atomic E-state index is 0.126. The first-order valence-electron chi connectivity index (χ1n) is 8.45. The van der Waals surface area contributed by atoms with Crippen LogP contribution < -0.4 is 0 Å². The molecule has 5 rings (SSSR count). The van der Waals surface area contributed by atoms with E-state index in [0.29, 0.717) is 24.4 Å². The molecule has 4 aliphatic rings. The Morgan fingerprint density at radius 3 is 2.68 bits per heavy atom. The van der Waals surface area contributed by atoms with Gasteiger partial charge in [-0.1, -0.05) is 44.2 Å². The number of benzene rings is 1. The molecule has 0 radical (unpaired) electrons. The Hall–Kier alpha value is -0.835. The second kappa shape index (κ2) is 5.08. The Balaban J connectivity index is 1.35. The molecule has 1 aliphatic heterocycles. The van der Waals surface area contributed by atoms with Crippen molar-refractivity contribution in [1.82, 2.24) is 0 Å². The van der Waals surface area contributed by atoms with Crippen molar-refractivity contribution in [3.8, 4) is 0 Å². The molecule has 4 fully saturated rings. The summed E-state index contributed by atoms with van der Waals surface area (Å²) in [6.07, 6.45) is 2.67. The molecule has 1 aromatic carbocycles. The van der Waals surface area contributed by atoms with Gasteiger partial charge in [-0.15, -0.1) is 0 Å². The summed E-state index contributed by atoms with van der Waals surface area (Å²) >= 11 is 0. The van der Waals surface area contributed by atoms with Crippen LogP contribution in [-0.2, 0) is 20.7 Å². The number of hydrogen-bond donors (Lipinski definition) is 0. The predicted molar refractivity (Wildman–Crippen MR) is 86.2 cm³/mol. The lowest BCUT2D eigenvalue weighted by molar-refractivity contribution is -0.199. The molecule has 4 atom stereocenters. The van der Waals surface area contributed by atoms with Crippen LogP contribution in [0.4, 0.5) is 0 Å². The minimum Gasteiger partial charge on any atom is -0.404 e. The maximum atomic E-state index is 6.33. The van der Waals surface area contributed by atoms with Crippen molar-refractivity contribution in [2.75, 3.05) is 6.51 Å². The number of ether oxygens (including phenoxy) is 1. The summed E-state index contributed by atoms with van der Waals surface area (Å²) in [6, 6.07) is 10.2. The molecular weight excluding hydrogens is 275 g/mol. The molecule has 1 saturated heterocycles. The van der Waals surface area contributed by atoms with E-state index in [1.165, 1.54) is 12.0 Å². The smallest absolute Gasteiger partial charge is 0.404 e. The summed E-state index contributed by atoms with van der Waals surface area (Å²) in [5, 5.41) is 0. The Kier molecular flexibility index (Phi) is 3.41. The summed E-state index contributed by atoms with van der Waals surface area (Å²) < 4.78 is 18.3. The van der Waals surface area contributed by atoms with E-state index in [1.807, 2.05) is 18.2 Å². The van der Waals surface area contributed by atoms with E-state index in [2.05, 4.69) is 32.9 Å². The molecule has 3 nitrogen and oxygen atoms in total. The monoisotopic (exact) mass is 300 g/mol. The normalized spacial score (nSPS) is 38.5. The van der Waals surface area contributed by atoms with Crippen LogP contribution in [-0.4, -0.2) is 25.3 Å². The molecule has 3 aliphatic carbocycles. The maximum Gasteiger partial charge on any atom is 0.485 e. The fourth-order valence-corrected chi connectivity index (χ4v) is 4.87. The van der Waals surface area contributed by atoms with Crippen molar-refractivity contribution in [2.24, 2.45) is 17.3 Å². The van der Waals surface area contributed by atoms with E-state index in [1.54, 1.807) is 0 Å². The van der Waals surface area contributed by atoms with Gasteiger partial charge in [-0.2, -0.15) is 0 Å². The Morgan fingerprint density at radius 2 is 1.95 bits per heavy atom. The van der Waals surface area contributed by atoms with Crippen LogP contribution >= 0.6 is 0 Å². The van der Waals surface area contributed by atoms with Crippen molar-refractivity contribution in [3.63, 3.8) is 0 Å². The highest BCUT2D eigenvalue weighted by molar-refractivity contribution is 6.45. The fourth-order valence-electron chi connectivity index (χ4n) is 4.87. The van der Waals surface area contributed by atoms with Crippen LogP contribution in [0.5, 0.6) is 0 Å². The average molecular weight is 300 g/mol. The van der Waals surface area contributed by atoms with E-state index in [9.17, 15) is 0 Å². The van der Waals surface area contributed by atoms with Gasteiger partial charge >= 0.3 is 7.12 Å². The summed E-state index contributed by atoms with van der Waals surface area (Å²) in [4.78, 5) is 0. The molecular formula is C18H25BO3. The second-order valence-corrected chi connectivity index (χ2v) is 7.90. The van der Waals surface area contributed by atoms with E-state index in [0.717, 1.165) is 12.3 Å². The predicted octanol–water partition coefficient (Wildman–Crippen LogP) is 3.47. The van der Waals surface area contributed by atoms with Crippen molar-refractivity contribution >= 4 is 7.12 Å².